The fourth-order valence-corrected chi connectivity index (χ4v) is 9.48. The number of methoxy groups -OCH3 is 2. The molecule has 10 atom stereocenters. The third-order valence-corrected chi connectivity index (χ3v) is 11.6. The van der Waals surface area contributed by atoms with Crippen molar-refractivity contribution in [3.8, 4) is 0 Å². The van der Waals surface area contributed by atoms with E-state index < -0.39 is 0 Å². The number of carbonyl (C=O) groups excluding carboxylic acids is 6. The summed E-state index contributed by atoms with van der Waals surface area (Å²) in [5.74, 6) is -1.15. The molecule has 0 spiro atoms. The van der Waals surface area contributed by atoms with Crippen LogP contribution in [0.4, 0.5) is 0 Å². The zero-order chi connectivity index (χ0) is 32.3. The molecule has 6 aliphatic rings. The van der Waals surface area contributed by atoms with Gasteiger partial charge in [-0.25, -0.2) is 0 Å². The molecule has 0 bridgehead atoms. The van der Waals surface area contributed by atoms with Crippen LogP contribution in [-0.4, -0.2) is 59.6 Å². The topological polar surface area (TPSA) is 127 Å². The first kappa shape index (κ1) is 30.3. The minimum absolute atomic E-state index is 0.0596. The summed E-state index contributed by atoms with van der Waals surface area (Å²) in [7, 11) is 2.78. The number of carbonyl (C=O) groups is 6. The molecule has 2 aliphatic heterocycles. The lowest BCUT2D eigenvalue weighted by Gasteiger charge is -2.40. The van der Waals surface area contributed by atoms with E-state index in [0.717, 1.165) is 11.1 Å². The molecule has 4 amide bonds. The normalized spacial score (nSPS) is 34.8. The Balaban J connectivity index is 0.000000147. The summed E-state index contributed by atoms with van der Waals surface area (Å²) in [6, 6.07) is 19.2. The first-order valence-corrected chi connectivity index (χ1v) is 16.2. The second-order valence-electron chi connectivity index (χ2n) is 13.6. The maximum Gasteiger partial charge on any atom is 0.308 e. The van der Waals surface area contributed by atoms with Gasteiger partial charge in [0.05, 0.1) is 62.8 Å². The van der Waals surface area contributed by atoms with Gasteiger partial charge < -0.3 is 9.47 Å². The number of ether oxygens (including phenoxy) is 2. The number of fused-ring (bicyclic) bond motifs is 8. The van der Waals surface area contributed by atoms with E-state index in [1.165, 1.54) is 24.0 Å². The lowest BCUT2D eigenvalue weighted by atomic mass is 9.59. The number of likely N-dealkylation sites (tertiary alicyclic amines) is 2. The fraction of sp³-hybridized carbons (Fsp3) is 0.500. The molecular formula is C36H38N2O8. The Bertz CT molecular complexity index is 1400. The van der Waals surface area contributed by atoms with Crippen molar-refractivity contribution in [2.45, 2.75) is 38.8 Å². The number of hydrogen-bond acceptors (Lipinski definition) is 8. The molecule has 4 aliphatic carbocycles. The number of amides is 4. The maximum absolute atomic E-state index is 12.7. The van der Waals surface area contributed by atoms with Crippen LogP contribution in [-0.2, 0) is 51.3 Å². The monoisotopic (exact) mass is 626 g/mol. The molecule has 0 aromatic heterocycles. The van der Waals surface area contributed by atoms with Crippen molar-refractivity contribution in [3.63, 3.8) is 0 Å². The van der Waals surface area contributed by atoms with E-state index in [4.69, 9.17) is 9.47 Å². The second-order valence-corrected chi connectivity index (χ2v) is 13.6. The number of benzene rings is 2. The maximum atomic E-state index is 12.7. The Hall–Kier alpha value is -4.34. The summed E-state index contributed by atoms with van der Waals surface area (Å²) in [5.41, 5.74) is 1.93. The van der Waals surface area contributed by atoms with Gasteiger partial charge in [0.2, 0.25) is 23.6 Å². The van der Waals surface area contributed by atoms with Gasteiger partial charge in [0.1, 0.15) is 0 Å². The molecule has 0 N–H and O–H groups in total. The van der Waals surface area contributed by atoms with Gasteiger partial charge in [-0.15, -0.1) is 0 Å². The molecule has 2 aromatic carbocycles. The van der Waals surface area contributed by atoms with Crippen LogP contribution in [0, 0.1) is 59.2 Å². The zero-order valence-electron chi connectivity index (χ0n) is 26.0. The summed E-state index contributed by atoms with van der Waals surface area (Å²) in [5, 5.41) is 0. The van der Waals surface area contributed by atoms with Crippen molar-refractivity contribution >= 4 is 35.6 Å². The van der Waals surface area contributed by atoms with E-state index >= 15 is 0 Å². The van der Waals surface area contributed by atoms with Gasteiger partial charge in [-0.1, -0.05) is 60.7 Å². The largest absolute Gasteiger partial charge is 0.469 e. The number of rotatable bonds is 6. The van der Waals surface area contributed by atoms with Crippen molar-refractivity contribution < 1.29 is 38.2 Å². The molecule has 10 heteroatoms. The number of nitrogens with zero attached hydrogens (tertiary/aromatic N) is 2. The van der Waals surface area contributed by atoms with Gasteiger partial charge in [-0.05, 0) is 60.5 Å². The van der Waals surface area contributed by atoms with Gasteiger partial charge in [0.15, 0.2) is 0 Å². The molecule has 8 rings (SSSR count). The summed E-state index contributed by atoms with van der Waals surface area (Å²) in [6.45, 7) is 0.705. The molecule has 0 radical (unpaired) electrons. The van der Waals surface area contributed by atoms with Crippen LogP contribution in [0.2, 0.25) is 0 Å². The SMILES string of the molecule is COC(=O)C1C[C@@H]2[C@H](C1)[C@H]1C(=O)N(Cc3ccccc3)C(=O)[C@@H]21.COC(=O)C1C[C@@H]2[C@H](C1)[C@H]1C(=O)N(Cc3ccccc3)C(=O)[C@@H]21. The quantitative estimate of drug-likeness (QED) is 0.353. The van der Waals surface area contributed by atoms with E-state index in [0.29, 0.717) is 38.8 Å². The van der Waals surface area contributed by atoms with E-state index in [1.54, 1.807) is 0 Å². The van der Waals surface area contributed by atoms with Gasteiger partial charge in [-0.2, -0.15) is 0 Å². The molecule has 2 saturated heterocycles. The second kappa shape index (κ2) is 11.8. The molecule has 46 heavy (non-hydrogen) atoms. The number of imide groups is 2. The van der Waals surface area contributed by atoms with E-state index in [1.807, 2.05) is 60.7 Å². The molecule has 6 fully saturated rings. The number of hydrogen-bond donors (Lipinski definition) is 0. The van der Waals surface area contributed by atoms with Crippen molar-refractivity contribution in [3.05, 3.63) is 71.8 Å². The van der Waals surface area contributed by atoms with E-state index in [9.17, 15) is 28.8 Å². The third kappa shape index (κ3) is 4.75. The predicted molar refractivity (Wildman–Crippen MR) is 161 cm³/mol. The first-order chi connectivity index (χ1) is 22.2. The van der Waals surface area contributed by atoms with Crippen LogP contribution < -0.4 is 0 Å². The Labute approximate surface area is 267 Å². The third-order valence-electron chi connectivity index (χ3n) is 11.6. The van der Waals surface area contributed by atoms with Gasteiger partial charge in [0.25, 0.3) is 0 Å². The minimum Gasteiger partial charge on any atom is -0.469 e. The average molecular weight is 627 g/mol. The Morgan fingerprint density at radius 1 is 0.543 bits per heavy atom. The Morgan fingerprint density at radius 3 is 1.09 bits per heavy atom. The van der Waals surface area contributed by atoms with Crippen LogP contribution >= 0.6 is 0 Å². The summed E-state index contributed by atoms with van der Waals surface area (Å²) < 4.78 is 9.63. The first-order valence-electron chi connectivity index (χ1n) is 16.2. The fourth-order valence-electron chi connectivity index (χ4n) is 9.48. The van der Waals surface area contributed by atoms with E-state index in [2.05, 4.69) is 0 Å². The van der Waals surface area contributed by atoms with Crippen molar-refractivity contribution in [1.82, 2.24) is 9.80 Å². The van der Waals surface area contributed by atoms with Gasteiger partial charge >= 0.3 is 11.9 Å². The molecule has 2 aromatic rings. The average Bonchev–Trinajstić information content (AvgIpc) is 3.72. The summed E-state index contributed by atoms with van der Waals surface area (Å²) >= 11 is 0. The van der Waals surface area contributed by atoms with Crippen LogP contribution in [0.25, 0.3) is 0 Å². The summed E-state index contributed by atoms with van der Waals surface area (Å²) in [4.78, 5) is 76.9. The smallest absolute Gasteiger partial charge is 0.308 e. The molecule has 2 unspecified atom stereocenters. The highest BCUT2D eigenvalue weighted by atomic mass is 16.5. The Morgan fingerprint density at radius 2 is 0.826 bits per heavy atom. The van der Waals surface area contributed by atoms with Gasteiger partial charge in [0, 0.05) is 0 Å². The predicted octanol–water partition coefficient (Wildman–Crippen LogP) is 3.23. The molecular weight excluding hydrogens is 588 g/mol. The van der Waals surface area contributed by atoms with Crippen molar-refractivity contribution in [1.29, 1.82) is 0 Å². The molecule has 2 heterocycles. The Kier molecular flexibility index (Phi) is 7.77. The molecule has 10 nitrogen and oxygen atoms in total. The van der Waals surface area contributed by atoms with Crippen LogP contribution in [0.1, 0.15) is 36.8 Å². The standard InChI is InChI=1S/2C18H19NO4/c2*1-23-18(22)11-7-12-13(8-11)15-14(12)16(20)19(17(15)21)9-10-5-3-2-4-6-10/h2*2-6,11-15H,7-9H2,1H3/t2*11?,12-,13+,14+,15-. The highest BCUT2D eigenvalue weighted by molar-refractivity contribution is 6.07. The van der Waals surface area contributed by atoms with Gasteiger partial charge in [-0.3, -0.25) is 38.6 Å². The minimum atomic E-state index is -0.217. The van der Waals surface area contributed by atoms with Crippen molar-refractivity contribution in [2.24, 2.45) is 59.2 Å². The van der Waals surface area contributed by atoms with Crippen LogP contribution in [0.15, 0.2) is 60.7 Å². The zero-order valence-corrected chi connectivity index (χ0v) is 26.0. The molecule has 240 valence electrons. The number of esters is 2. The lowest BCUT2D eigenvalue weighted by molar-refractivity contribution is -0.146. The van der Waals surface area contributed by atoms with Crippen LogP contribution in [0.3, 0.4) is 0 Å². The summed E-state index contributed by atoms with van der Waals surface area (Å²) in [6.07, 6.45) is 2.71. The highest BCUT2D eigenvalue weighted by Crippen LogP contribution is 2.62. The highest BCUT2D eigenvalue weighted by Gasteiger charge is 2.68. The van der Waals surface area contributed by atoms with Crippen LogP contribution in [0.5, 0.6) is 0 Å². The lowest BCUT2D eigenvalue weighted by Crippen LogP contribution is -2.45. The van der Waals surface area contributed by atoms with Crippen molar-refractivity contribution in [2.75, 3.05) is 14.2 Å². The van der Waals surface area contributed by atoms with E-state index in [-0.39, 0.29) is 94.7 Å². The molecule has 4 saturated carbocycles.